The Morgan fingerprint density at radius 3 is 2.93 bits per heavy atom. The summed E-state index contributed by atoms with van der Waals surface area (Å²) in [4.78, 5) is 11.1. The molecular formula is C20H22ClN5O3S. The highest BCUT2D eigenvalue weighted by molar-refractivity contribution is 7.92. The average molecular weight is 448 g/mol. The van der Waals surface area contributed by atoms with Crippen molar-refractivity contribution in [3.8, 4) is 11.5 Å². The number of anilines is 2. The van der Waals surface area contributed by atoms with Gasteiger partial charge in [0.25, 0.3) is 0 Å². The van der Waals surface area contributed by atoms with E-state index >= 15 is 0 Å². The first kappa shape index (κ1) is 20.5. The number of benzene rings is 2. The number of ether oxygens (including phenoxy) is 1. The van der Waals surface area contributed by atoms with E-state index in [4.69, 9.17) is 22.1 Å². The van der Waals surface area contributed by atoms with Gasteiger partial charge in [-0.2, -0.15) is 0 Å². The number of rotatable bonds is 6. The Morgan fingerprint density at radius 2 is 2.13 bits per heavy atom. The van der Waals surface area contributed by atoms with Crippen LogP contribution in [0.5, 0.6) is 11.5 Å². The molecule has 30 heavy (non-hydrogen) atoms. The number of halogens is 1. The number of amidine groups is 1. The molecule has 0 unspecified atom stereocenters. The molecule has 0 bridgehead atoms. The maximum absolute atomic E-state index is 12.1. The summed E-state index contributed by atoms with van der Waals surface area (Å²) in [7, 11) is -3.50. The highest BCUT2D eigenvalue weighted by atomic mass is 35.5. The van der Waals surface area contributed by atoms with Crippen LogP contribution in [0.1, 0.15) is 25.3 Å². The number of aliphatic imine (C=N–C) groups is 2. The third-order valence-electron chi connectivity index (χ3n) is 4.72. The Morgan fingerprint density at radius 1 is 1.30 bits per heavy atom. The van der Waals surface area contributed by atoms with Crippen molar-refractivity contribution in [3.63, 3.8) is 0 Å². The summed E-state index contributed by atoms with van der Waals surface area (Å²) in [6, 6.07) is 8.52. The van der Waals surface area contributed by atoms with Crippen molar-refractivity contribution in [3.05, 3.63) is 40.9 Å². The maximum Gasteiger partial charge on any atom is 0.232 e. The summed E-state index contributed by atoms with van der Waals surface area (Å²) >= 11 is 6.44. The summed E-state index contributed by atoms with van der Waals surface area (Å²) in [6.45, 7) is 3.42. The van der Waals surface area contributed by atoms with Crippen LogP contribution in [0.4, 0.5) is 17.1 Å². The smallest absolute Gasteiger partial charge is 0.232 e. The van der Waals surface area contributed by atoms with E-state index in [1.807, 2.05) is 17.0 Å². The normalized spacial score (nSPS) is 15.3. The van der Waals surface area contributed by atoms with Crippen LogP contribution in [0.15, 0.2) is 40.3 Å². The van der Waals surface area contributed by atoms with E-state index in [0.717, 1.165) is 36.6 Å². The SMILES string of the molecule is CCCS(=O)(=O)Nc1ccc(N)c(Oc2ccc3c(c2)C2=NCCCN2C=N3)c1Cl. The summed E-state index contributed by atoms with van der Waals surface area (Å²) in [5.41, 5.74) is 8.25. The first-order valence-electron chi connectivity index (χ1n) is 9.64. The van der Waals surface area contributed by atoms with Crippen molar-refractivity contribution in [2.24, 2.45) is 9.98 Å². The highest BCUT2D eigenvalue weighted by Gasteiger charge is 2.23. The van der Waals surface area contributed by atoms with Crippen LogP contribution >= 0.6 is 11.6 Å². The van der Waals surface area contributed by atoms with Crippen molar-refractivity contribution >= 4 is 50.9 Å². The Balaban J connectivity index is 1.66. The van der Waals surface area contributed by atoms with Crippen LogP contribution in [-0.4, -0.2) is 44.3 Å². The Hall–Kier alpha value is -2.78. The molecule has 2 aromatic carbocycles. The van der Waals surface area contributed by atoms with Crippen LogP contribution in [-0.2, 0) is 10.0 Å². The molecule has 0 aliphatic carbocycles. The molecule has 2 aliphatic rings. The second-order valence-electron chi connectivity index (χ2n) is 7.04. The second kappa shape index (κ2) is 8.16. The fraction of sp³-hybridized carbons (Fsp3) is 0.300. The van der Waals surface area contributed by atoms with Gasteiger partial charge in [-0.05, 0) is 43.2 Å². The molecule has 158 valence electrons. The molecule has 2 aromatic rings. The third-order valence-corrected chi connectivity index (χ3v) is 6.57. The number of fused-ring (bicyclic) bond motifs is 3. The molecule has 0 saturated carbocycles. The van der Waals surface area contributed by atoms with Gasteiger partial charge in [0.2, 0.25) is 10.0 Å². The summed E-state index contributed by atoms with van der Waals surface area (Å²) in [6.07, 6.45) is 3.26. The van der Waals surface area contributed by atoms with Crippen molar-refractivity contribution in [2.45, 2.75) is 19.8 Å². The highest BCUT2D eigenvalue weighted by Crippen LogP contribution is 2.41. The van der Waals surface area contributed by atoms with Crippen molar-refractivity contribution in [1.29, 1.82) is 0 Å². The van der Waals surface area contributed by atoms with Crippen molar-refractivity contribution in [1.82, 2.24) is 4.90 Å². The van der Waals surface area contributed by atoms with Gasteiger partial charge in [-0.25, -0.2) is 13.4 Å². The van der Waals surface area contributed by atoms with E-state index in [9.17, 15) is 8.42 Å². The monoisotopic (exact) mass is 447 g/mol. The molecule has 4 rings (SSSR count). The number of nitrogens with zero attached hydrogens (tertiary/aromatic N) is 3. The molecule has 0 saturated heterocycles. The van der Waals surface area contributed by atoms with Gasteiger partial charge in [-0.15, -0.1) is 0 Å². The van der Waals surface area contributed by atoms with Crippen molar-refractivity contribution < 1.29 is 13.2 Å². The predicted molar refractivity (Wildman–Crippen MR) is 121 cm³/mol. The molecule has 0 aromatic heterocycles. The summed E-state index contributed by atoms with van der Waals surface area (Å²) in [5, 5.41) is 0.0991. The van der Waals surface area contributed by atoms with Crippen LogP contribution in [0.3, 0.4) is 0 Å². The number of sulfonamides is 1. The lowest BCUT2D eigenvalue weighted by atomic mass is 10.1. The second-order valence-corrected chi connectivity index (χ2v) is 9.26. The molecule has 0 fully saturated rings. The van der Waals surface area contributed by atoms with E-state index in [1.165, 1.54) is 6.07 Å². The zero-order valence-corrected chi connectivity index (χ0v) is 18.0. The predicted octanol–water partition coefficient (Wildman–Crippen LogP) is 3.99. The van der Waals surface area contributed by atoms with Gasteiger partial charge in [0.05, 0.1) is 29.2 Å². The van der Waals surface area contributed by atoms with E-state index in [1.54, 1.807) is 25.4 Å². The van der Waals surface area contributed by atoms with E-state index in [-0.39, 0.29) is 22.2 Å². The minimum absolute atomic E-state index is 0.00610. The molecule has 10 heteroatoms. The standard InChI is InChI=1S/C20H22ClN5O3S/c1-2-10-30(27,28)25-17-7-5-15(22)19(18(17)21)29-13-4-6-16-14(11-13)20-23-8-3-9-26(20)12-24-16/h4-7,11-12,25H,2-3,8-10,22H2,1H3. The van der Waals surface area contributed by atoms with Gasteiger partial charge in [0.1, 0.15) is 16.6 Å². The van der Waals surface area contributed by atoms with Crippen LogP contribution in [0.2, 0.25) is 5.02 Å². The first-order chi connectivity index (χ1) is 14.4. The average Bonchev–Trinajstić information content (AvgIpc) is 2.73. The molecule has 2 heterocycles. The van der Waals surface area contributed by atoms with Gasteiger partial charge >= 0.3 is 0 Å². The lowest BCUT2D eigenvalue weighted by molar-refractivity contribution is 0.485. The quantitative estimate of drug-likeness (QED) is 0.650. The minimum atomic E-state index is -3.50. The number of hydrogen-bond acceptors (Lipinski definition) is 7. The van der Waals surface area contributed by atoms with Gasteiger partial charge in [0, 0.05) is 18.7 Å². The lowest BCUT2D eigenvalue weighted by Gasteiger charge is -2.29. The zero-order chi connectivity index (χ0) is 21.3. The van der Waals surface area contributed by atoms with E-state index in [2.05, 4.69) is 14.7 Å². The Bertz CT molecular complexity index is 1150. The first-order valence-corrected chi connectivity index (χ1v) is 11.7. The molecule has 8 nitrogen and oxygen atoms in total. The van der Waals surface area contributed by atoms with Gasteiger partial charge in [-0.3, -0.25) is 9.71 Å². The number of hydrogen-bond donors (Lipinski definition) is 2. The molecule has 3 N–H and O–H groups in total. The topological polar surface area (TPSA) is 109 Å². The number of nitrogens with two attached hydrogens (primary N) is 1. The van der Waals surface area contributed by atoms with E-state index < -0.39 is 10.0 Å². The number of nitrogens with one attached hydrogen (secondary N) is 1. The van der Waals surface area contributed by atoms with Gasteiger partial charge < -0.3 is 15.4 Å². The molecule has 0 atom stereocenters. The summed E-state index contributed by atoms with van der Waals surface area (Å²) in [5.74, 6) is 1.54. The molecule has 0 amide bonds. The maximum atomic E-state index is 12.1. The molecule has 2 aliphatic heterocycles. The minimum Gasteiger partial charge on any atom is -0.454 e. The lowest BCUT2D eigenvalue weighted by Crippen LogP contribution is -2.36. The van der Waals surface area contributed by atoms with Crippen LogP contribution < -0.4 is 15.2 Å². The van der Waals surface area contributed by atoms with Crippen LogP contribution in [0, 0.1) is 0 Å². The molecule has 0 radical (unpaired) electrons. The largest absolute Gasteiger partial charge is 0.454 e. The van der Waals surface area contributed by atoms with Gasteiger partial charge in [0.15, 0.2) is 5.75 Å². The zero-order valence-electron chi connectivity index (χ0n) is 16.4. The number of nitrogen functional groups attached to an aromatic ring is 1. The fourth-order valence-electron chi connectivity index (χ4n) is 3.34. The molecular weight excluding hydrogens is 426 g/mol. The van der Waals surface area contributed by atoms with E-state index in [0.29, 0.717) is 17.9 Å². The molecule has 0 spiro atoms. The Kier molecular flexibility index (Phi) is 5.57. The van der Waals surface area contributed by atoms with Crippen LogP contribution in [0.25, 0.3) is 0 Å². The van der Waals surface area contributed by atoms with Gasteiger partial charge in [-0.1, -0.05) is 18.5 Å². The fourth-order valence-corrected chi connectivity index (χ4v) is 4.79. The van der Waals surface area contributed by atoms with Crippen molar-refractivity contribution in [2.75, 3.05) is 29.3 Å². The summed E-state index contributed by atoms with van der Waals surface area (Å²) < 4.78 is 32.7. The Labute approximate surface area is 180 Å². The third kappa shape index (κ3) is 4.08.